The van der Waals surface area contributed by atoms with Crippen LogP contribution in [-0.4, -0.2) is 26.9 Å². The number of nitrogen functional groups attached to an aromatic ring is 2. The second-order valence-electron chi connectivity index (χ2n) is 4.88. The lowest BCUT2D eigenvalue weighted by atomic mass is 10.1. The zero-order chi connectivity index (χ0) is 17.0. The van der Waals surface area contributed by atoms with Crippen molar-refractivity contribution in [3.8, 4) is 0 Å². The van der Waals surface area contributed by atoms with Gasteiger partial charge in [-0.15, -0.1) is 0 Å². The highest BCUT2D eigenvalue weighted by molar-refractivity contribution is 8.00. The zero-order valence-electron chi connectivity index (χ0n) is 12.7. The summed E-state index contributed by atoms with van der Waals surface area (Å²) in [6.07, 6.45) is 0. The smallest absolute Gasteiger partial charge is 0.237 e. The molecule has 2 rings (SSSR count). The molecule has 2 aromatic rings. The van der Waals surface area contributed by atoms with E-state index in [-0.39, 0.29) is 23.3 Å². The van der Waals surface area contributed by atoms with Crippen LogP contribution < -0.4 is 16.8 Å². The maximum Gasteiger partial charge on any atom is 0.237 e. The highest BCUT2D eigenvalue weighted by Gasteiger charge is 2.17. The van der Waals surface area contributed by atoms with Crippen LogP contribution in [0, 0.1) is 0 Å². The van der Waals surface area contributed by atoms with Gasteiger partial charge in [-0.05, 0) is 38.1 Å². The summed E-state index contributed by atoms with van der Waals surface area (Å²) in [6, 6.07) is 8.14. The summed E-state index contributed by atoms with van der Waals surface area (Å²) in [5.74, 6) is 0.276. The molecule has 0 saturated carbocycles. The molecule has 8 heteroatoms. The summed E-state index contributed by atoms with van der Waals surface area (Å²) in [7, 11) is 0. The van der Waals surface area contributed by atoms with Crippen LogP contribution in [0.15, 0.2) is 35.5 Å². The van der Waals surface area contributed by atoms with Crippen LogP contribution in [0.25, 0.3) is 0 Å². The number of Topliss-reactive ketones (excluding diaryl/α,β-unsaturated/α-hetero) is 1. The van der Waals surface area contributed by atoms with E-state index in [1.54, 1.807) is 31.2 Å². The second kappa shape index (κ2) is 7.10. The van der Waals surface area contributed by atoms with Crippen molar-refractivity contribution in [3.05, 3.63) is 35.9 Å². The summed E-state index contributed by atoms with van der Waals surface area (Å²) < 4.78 is 0. The van der Waals surface area contributed by atoms with E-state index < -0.39 is 5.25 Å². The number of hydrogen-bond donors (Lipinski definition) is 3. The van der Waals surface area contributed by atoms with Crippen LogP contribution in [0.4, 0.5) is 17.3 Å². The molecule has 1 atom stereocenters. The number of nitrogens with one attached hydrogen (secondary N) is 1. The van der Waals surface area contributed by atoms with Gasteiger partial charge in [0.1, 0.15) is 11.6 Å². The lowest BCUT2D eigenvalue weighted by Gasteiger charge is -2.11. The molecule has 0 aliphatic rings. The molecule has 1 amide bonds. The van der Waals surface area contributed by atoms with Crippen molar-refractivity contribution < 1.29 is 9.59 Å². The molecule has 1 aromatic carbocycles. The number of nitrogens with two attached hydrogens (primary N) is 2. The first kappa shape index (κ1) is 16.8. The average molecular weight is 331 g/mol. The molecule has 0 radical (unpaired) electrons. The van der Waals surface area contributed by atoms with Gasteiger partial charge in [0.05, 0.1) is 5.25 Å². The van der Waals surface area contributed by atoms with Gasteiger partial charge in [-0.1, -0.05) is 11.8 Å². The number of ketones is 1. The Hall–Kier alpha value is -2.61. The first-order valence-corrected chi connectivity index (χ1v) is 7.71. The fraction of sp³-hybridized carbons (Fsp3) is 0.200. The highest BCUT2D eigenvalue weighted by atomic mass is 32.2. The van der Waals surface area contributed by atoms with E-state index in [2.05, 4.69) is 15.3 Å². The van der Waals surface area contributed by atoms with Gasteiger partial charge in [-0.3, -0.25) is 9.59 Å². The number of hydrogen-bond acceptors (Lipinski definition) is 7. The number of aromatic nitrogens is 2. The normalized spacial score (nSPS) is 11.7. The van der Waals surface area contributed by atoms with Gasteiger partial charge >= 0.3 is 0 Å². The van der Waals surface area contributed by atoms with Gasteiger partial charge in [0.25, 0.3) is 0 Å². The molecule has 7 nitrogen and oxygen atoms in total. The highest BCUT2D eigenvalue weighted by Crippen LogP contribution is 2.22. The van der Waals surface area contributed by atoms with Crippen LogP contribution in [0.2, 0.25) is 0 Å². The van der Waals surface area contributed by atoms with Crippen LogP contribution in [0.5, 0.6) is 0 Å². The predicted molar refractivity (Wildman–Crippen MR) is 91.3 cm³/mol. The minimum absolute atomic E-state index is 0.0248. The molecule has 0 spiro atoms. The van der Waals surface area contributed by atoms with Crippen LogP contribution in [-0.2, 0) is 4.79 Å². The number of anilines is 3. The summed E-state index contributed by atoms with van der Waals surface area (Å²) in [5, 5.41) is 2.67. The monoisotopic (exact) mass is 331 g/mol. The number of carbonyl (C=O) groups excluding carboxylic acids is 2. The predicted octanol–water partition coefficient (Wildman–Crippen LogP) is 1.96. The molecule has 23 heavy (non-hydrogen) atoms. The number of thioether (sulfide) groups is 1. The first-order valence-electron chi connectivity index (χ1n) is 6.83. The number of carbonyl (C=O) groups is 2. The van der Waals surface area contributed by atoms with Gasteiger partial charge in [0.15, 0.2) is 10.9 Å². The Morgan fingerprint density at radius 1 is 1.13 bits per heavy atom. The van der Waals surface area contributed by atoms with E-state index >= 15 is 0 Å². The fourth-order valence-corrected chi connectivity index (χ4v) is 2.56. The molecule has 0 bridgehead atoms. The van der Waals surface area contributed by atoms with Gasteiger partial charge in [-0.25, -0.2) is 9.97 Å². The Bertz CT molecular complexity index is 713. The van der Waals surface area contributed by atoms with Crippen LogP contribution in [0.1, 0.15) is 24.2 Å². The van der Waals surface area contributed by atoms with Gasteiger partial charge in [0, 0.05) is 17.3 Å². The number of nitrogens with zero attached hydrogens (tertiary/aromatic N) is 2. The third-order valence-electron chi connectivity index (χ3n) is 2.96. The Morgan fingerprint density at radius 2 is 1.70 bits per heavy atom. The average Bonchev–Trinajstić information content (AvgIpc) is 2.46. The number of benzene rings is 1. The van der Waals surface area contributed by atoms with Crippen molar-refractivity contribution >= 4 is 40.8 Å². The number of amides is 1. The molecular weight excluding hydrogens is 314 g/mol. The summed E-state index contributed by atoms with van der Waals surface area (Å²) in [6.45, 7) is 3.22. The SMILES string of the molecule is CC(=O)c1ccc(NC(=O)[C@H](C)Sc2nc(N)cc(N)n2)cc1. The molecule has 120 valence electrons. The molecule has 1 heterocycles. The topological polar surface area (TPSA) is 124 Å². The zero-order valence-corrected chi connectivity index (χ0v) is 13.6. The molecule has 0 saturated heterocycles. The van der Waals surface area contributed by atoms with Gasteiger partial charge in [-0.2, -0.15) is 0 Å². The first-order chi connectivity index (χ1) is 10.8. The van der Waals surface area contributed by atoms with Crippen molar-refractivity contribution in [3.63, 3.8) is 0 Å². The third-order valence-corrected chi connectivity index (χ3v) is 3.92. The lowest BCUT2D eigenvalue weighted by molar-refractivity contribution is -0.115. The van der Waals surface area contributed by atoms with E-state index in [4.69, 9.17) is 11.5 Å². The van der Waals surface area contributed by atoms with Gasteiger partial charge in [0.2, 0.25) is 5.91 Å². The van der Waals surface area contributed by atoms with Crippen molar-refractivity contribution in [1.82, 2.24) is 9.97 Å². The maximum absolute atomic E-state index is 12.2. The van der Waals surface area contributed by atoms with E-state index in [0.29, 0.717) is 16.4 Å². The second-order valence-corrected chi connectivity index (χ2v) is 6.19. The summed E-state index contributed by atoms with van der Waals surface area (Å²) >= 11 is 1.16. The summed E-state index contributed by atoms with van der Waals surface area (Å²) in [4.78, 5) is 31.5. The molecule has 0 aliphatic heterocycles. The molecule has 0 fully saturated rings. The summed E-state index contributed by atoms with van der Waals surface area (Å²) in [5.41, 5.74) is 12.4. The van der Waals surface area contributed by atoms with E-state index in [1.165, 1.54) is 13.0 Å². The van der Waals surface area contributed by atoms with Gasteiger partial charge < -0.3 is 16.8 Å². The molecule has 1 aromatic heterocycles. The Morgan fingerprint density at radius 3 is 2.22 bits per heavy atom. The lowest BCUT2D eigenvalue weighted by Crippen LogP contribution is -2.22. The van der Waals surface area contributed by atoms with Crippen molar-refractivity contribution in [2.45, 2.75) is 24.3 Å². The molecule has 0 unspecified atom stereocenters. The Labute approximate surface area is 137 Å². The maximum atomic E-state index is 12.2. The largest absolute Gasteiger partial charge is 0.383 e. The quantitative estimate of drug-likeness (QED) is 0.434. The van der Waals surface area contributed by atoms with Crippen LogP contribution in [0.3, 0.4) is 0 Å². The van der Waals surface area contributed by atoms with E-state index in [1.807, 2.05) is 0 Å². The minimum Gasteiger partial charge on any atom is -0.383 e. The minimum atomic E-state index is -0.441. The molecule has 5 N–H and O–H groups in total. The van der Waals surface area contributed by atoms with Crippen LogP contribution >= 0.6 is 11.8 Å². The Kier molecular flexibility index (Phi) is 5.17. The molecule has 0 aliphatic carbocycles. The number of rotatable bonds is 5. The van der Waals surface area contributed by atoms with E-state index in [0.717, 1.165) is 11.8 Å². The van der Waals surface area contributed by atoms with E-state index in [9.17, 15) is 9.59 Å². The van der Waals surface area contributed by atoms with Crippen molar-refractivity contribution in [2.75, 3.05) is 16.8 Å². The molecular formula is C15H17N5O2S. The third kappa shape index (κ3) is 4.68. The Balaban J connectivity index is 2.00. The standard InChI is InChI=1S/C15H17N5O2S/c1-8(21)10-3-5-11(6-4-10)18-14(22)9(2)23-15-19-12(16)7-13(17)20-15/h3-7,9H,1-2H3,(H,18,22)(H4,16,17,19,20)/t9-/m0/s1. The fourth-order valence-electron chi connectivity index (χ4n) is 1.76. The van der Waals surface area contributed by atoms with Crippen molar-refractivity contribution in [1.29, 1.82) is 0 Å². The van der Waals surface area contributed by atoms with Crippen molar-refractivity contribution in [2.24, 2.45) is 0 Å².